The van der Waals surface area contributed by atoms with Crippen LogP contribution in [0.15, 0.2) is 34.4 Å². The third kappa shape index (κ3) is 4.01. The van der Waals surface area contributed by atoms with Gasteiger partial charge in [-0.3, -0.25) is 18.8 Å². The minimum atomic E-state index is -0.146. The van der Waals surface area contributed by atoms with Crippen molar-refractivity contribution in [2.75, 3.05) is 31.6 Å². The van der Waals surface area contributed by atoms with Crippen molar-refractivity contribution in [3.8, 4) is 0 Å². The van der Waals surface area contributed by atoms with Gasteiger partial charge in [0.25, 0.3) is 0 Å². The van der Waals surface area contributed by atoms with Gasteiger partial charge in [0.2, 0.25) is 5.91 Å². The van der Waals surface area contributed by atoms with E-state index in [0.29, 0.717) is 11.7 Å². The van der Waals surface area contributed by atoms with Crippen molar-refractivity contribution >= 4 is 33.4 Å². The van der Waals surface area contributed by atoms with Crippen LogP contribution in [0.2, 0.25) is 0 Å². The van der Waals surface area contributed by atoms with Crippen LogP contribution >= 0.6 is 11.3 Å². The van der Waals surface area contributed by atoms with Crippen LogP contribution in [0.25, 0.3) is 11.0 Å². The first-order valence-corrected chi connectivity index (χ1v) is 10.2. The Kier molecular flexibility index (Phi) is 5.56. The van der Waals surface area contributed by atoms with E-state index >= 15 is 0 Å². The molecule has 9 heteroatoms. The fourth-order valence-corrected chi connectivity index (χ4v) is 4.12. The average molecular weight is 401 g/mol. The first-order chi connectivity index (χ1) is 13.6. The summed E-state index contributed by atoms with van der Waals surface area (Å²) in [6, 6.07) is 7.59. The molecule has 0 radical (unpaired) electrons. The highest BCUT2D eigenvalue weighted by molar-refractivity contribution is 7.13. The van der Waals surface area contributed by atoms with Gasteiger partial charge in [-0.1, -0.05) is 12.1 Å². The highest BCUT2D eigenvalue weighted by Gasteiger charge is 2.15. The molecule has 0 aliphatic carbocycles. The number of fused-ring (bicyclic) bond motifs is 1. The van der Waals surface area contributed by atoms with Gasteiger partial charge in [-0.25, -0.2) is 9.78 Å². The van der Waals surface area contributed by atoms with Crippen molar-refractivity contribution in [2.24, 2.45) is 7.05 Å². The number of hydrogen-bond donors (Lipinski definition) is 1. The van der Waals surface area contributed by atoms with Crippen LogP contribution in [0.3, 0.4) is 0 Å². The Morgan fingerprint density at radius 2 is 2.00 bits per heavy atom. The Balaban J connectivity index is 1.35. The molecule has 1 aliphatic rings. The van der Waals surface area contributed by atoms with Crippen molar-refractivity contribution in [1.29, 1.82) is 0 Å². The summed E-state index contributed by atoms with van der Waals surface area (Å²) in [5.41, 5.74) is 2.54. The molecule has 1 aromatic carbocycles. The molecule has 3 heterocycles. The quantitative estimate of drug-likeness (QED) is 0.679. The number of morpholine rings is 1. The highest BCUT2D eigenvalue weighted by atomic mass is 32.1. The third-order valence-corrected chi connectivity index (χ3v) is 5.71. The lowest BCUT2D eigenvalue weighted by Gasteiger charge is -2.25. The second kappa shape index (κ2) is 8.26. The number of nitrogens with zero attached hydrogens (tertiary/aromatic N) is 4. The molecule has 0 unspecified atom stereocenters. The first-order valence-electron chi connectivity index (χ1n) is 9.30. The molecule has 8 nitrogen and oxygen atoms in total. The van der Waals surface area contributed by atoms with Crippen LogP contribution in [-0.4, -0.2) is 51.2 Å². The van der Waals surface area contributed by atoms with Gasteiger partial charge in [0.15, 0.2) is 5.13 Å². The van der Waals surface area contributed by atoms with Gasteiger partial charge in [-0.05, 0) is 12.1 Å². The number of benzene rings is 1. The Morgan fingerprint density at radius 1 is 1.25 bits per heavy atom. The molecule has 0 saturated carbocycles. The monoisotopic (exact) mass is 401 g/mol. The van der Waals surface area contributed by atoms with Crippen molar-refractivity contribution in [2.45, 2.75) is 19.5 Å². The largest absolute Gasteiger partial charge is 0.379 e. The smallest absolute Gasteiger partial charge is 0.328 e. The summed E-state index contributed by atoms with van der Waals surface area (Å²) in [7, 11) is 1.74. The predicted octanol–water partition coefficient (Wildman–Crippen LogP) is 1.66. The lowest BCUT2D eigenvalue weighted by Crippen LogP contribution is -2.35. The molecular formula is C19H23N5O3S. The number of aromatic nitrogens is 3. The van der Waals surface area contributed by atoms with Crippen LogP contribution in [0.5, 0.6) is 0 Å². The number of nitrogens with one attached hydrogen (secondary N) is 1. The van der Waals surface area contributed by atoms with Gasteiger partial charge in [-0.2, -0.15) is 0 Å². The third-order valence-electron chi connectivity index (χ3n) is 4.90. The predicted molar refractivity (Wildman–Crippen MR) is 109 cm³/mol. The van der Waals surface area contributed by atoms with Crippen molar-refractivity contribution in [3.63, 3.8) is 0 Å². The maximum absolute atomic E-state index is 12.4. The molecule has 28 heavy (non-hydrogen) atoms. The van der Waals surface area contributed by atoms with E-state index in [9.17, 15) is 9.59 Å². The maximum Gasteiger partial charge on any atom is 0.328 e. The SMILES string of the molecule is Cn1c(=O)n(CCC(=O)Nc2nc(CN3CCOCC3)cs2)c2ccccc21. The van der Waals surface area contributed by atoms with Crippen LogP contribution in [0, 0.1) is 0 Å². The maximum atomic E-state index is 12.4. The van der Waals surface area contributed by atoms with E-state index in [1.54, 1.807) is 16.2 Å². The van der Waals surface area contributed by atoms with Crippen LogP contribution in [-0.2, 0) is 29.7 Å². The van der Waals surface area contributed by atoms with Gasteiger partial charge in [0.1, 0.15) is 0 Å². The Hall–Kier alpha value is -2.49. The van der Waals surface area contributed by atoms with Crippen LogP contribution < -0.4 is 11.0 Å². The fourth-order valence-electron chi connectivity index (χ4n) is 3.40. The van der Waals surface area contributed by atoms with Gasteiger partial charge in [0, 0.05) is 45.0 Å². The molecule has 1 amide bonds. The normalized spacial score (nSPS) is 15.2. The Labute approximate surface area is 166 Å². The van der Waals surface area contributed by atoms with Crippen LogP contribution in [0.1, 0.15) is 12.1 Å². The number of amides is 1. The molecule has 1 fully saturated rings. The summed E-state index contributed by atoms with van der Waals surface area (Å²) >= 11 is 1.42. The van der Waals surface area contributed by atoms with Gasteiger partial charge < -0.3 is 10.1 Å². The summed E-state index contributed by atoms with van der Waals surface area (Å²) in [5.74, 6) is -0.146. The molecule has 1 saturated heterocycles. The van der Waals surface area contributed by atoms with E-state index in [1.807, 2.05) is 29.6 Å². The topological polar surface area (TPSA) is 81.4 Å². The minimum absolute atomic E-state index is 0.115. The first kappa shape index (κ1) is 18.9. The number of carbonyl (C=O) groups excluding carboxylic acids is 1. The molecule has 0 atom stereocenters. The zero-order valence-corrected chi connectivity index (χ0v) is 16.6. The van der Waals surface area contributed by atoms with E-state index in [-0.39, 0.29) is 18.0 Å². The molecule has 148 valence electrons. The second-order valence-corrected chi connectivity index (χ2v) is 7.67. The van der Waals surface area contributed by atoms with E-state index in [2.05, 4.69) is 15.2 Å². The van der Waals surface area contributed by atoms with Crippen molar-refractivity contribution in [1.82, 2.24) is 19.0 Å². The number of thiazole rings is 1. The summed E-state index contributed by atoms with van der Waals surface area (Å²) < 4.78 is 8.60. The number of hydrogen-bond acceptors (Lipinski definition) is 6. The average Bonchev–Trinajstić information content (AvgIpc) is 3.24. The summed E-state index contributed by atoms with van der Waals surface area (Å²) in [4.78, 5) is 31.6. The molecule has 0 bridgehead atoms. The number of carbonyl (C=O) groups is 1. The standard InChI is InChI=1S/C19H23N5O3S/c1-22-15-4-2-3-5-16(15)24(19(22)26)7-6-17(25)21-18-20-14(13-28-18)12-23-8-10-27-11-9-23/h2-5,13H,6-12H2,1H3,(H,20,21,25). The molecule has 1 aliphatic heterocycles. The summed E-state index contributed by atoms with van der Waals surface area (Å²) in [6.07, 6.45) is 0.215. The van der Waals surface area contributed by atoms with E-state index in [0.717, 1.165) is 49.6 Å². The summed E-state index contributed by atoms with van der Waals surface area (Å²) in [5, 5.41) is 5.42. The number of anilines is 1. The summed E-state index contributed by atoms with van der Waals surface area (Å²) in [6.45, 7) is 4.40. The molecule has 3 aromatic rings. The highest BCUT2D eigenvalue weighted by Crippen LogP contribution is 2.18. The zero-order chi connectivity index (χ0) is 19.5. The van der Waals surface area contributed by atoms with E-state index in [1.165, 1.54) is 11.3 Å². The van der Waals surface area contributed by atoms with Gasteiger partial charge >= 0.3 is 5.69 Å². The van der Waals surface area contributed by atoms with Crippen LogP contribution in [0.4, 0.5) is 5.13 Å². The number of aryl methyl sites for hydroxylation is 2. The Bertz CT molecular complexity index is 1030. The van der Waals surface area contributed by atoms with Crippen molar-refractivity contribution < 1.29 is 9.53 Å². The van der Waals surface area contributed by atoms with Gasteiger partial charge in [0.05, 0.1) is 29.9 Å². The number of imidazole rings is 1. The number of rotatable bonds is 6. The second-order valence-electron chi connectivity index (χ2n) is 6.81. The molecule has 2 aromatic heterocycles. The lowest BCUT2D eigenvalue weighted by molar-refractivity contribution is -0.116. The fraction of sp³-hybridized carbons (Fsp3) is 0.421. The van der Waals surface area contributed by atoms with E-state index < -0.39 is 0 Å². The van der Waals surface area contributed by atoms with E-state index in [4.69, 9.17) is 4.74 Å². The molecule has 0 spiro atoms. The van der Waals surface area contributed by atoms with Gasteiger partial charge in [-0.15, -0.1) is 11.3 Å². The van der Waals surface area contributed by atoms with Crippen molar-refractivity contribution in [3.05, 3.63) is 45.8 Å². The molecule has 1 N–H and O–H groups in total. The number of para-hydroxylation sites is 2. The minimum Gasteiger partial charge on any atom is -0.379 e. The zero-order valence-electron chi connectivity index (χ0n) is 15.8. The Morgan fingerprint density at radius 3 is 2.79 bits per heavy atom. The lowest BCUT2D eigenvalue weighted by atomic mass is 10.3. The molecule has 4 rings (SSSR count). The number of ether oxygens (including phenoxy) is 1. The molecular weight excluding hydrogens is 378 g/mol.